The summed E-state index contributed by atoms with van der Waals surface area (Å²) in [5.74, 6) is 0.622. The van der Waals surface area contributed by atoms with Gasteiger partial charge in [-0.1, -0.05) is 43.2 Å². The Labute approximate surface area is 194 Å². The number of benzene rings is 3. The molecule has 6 nitrogen and oxygen atoms in total. The molecule has 0 unspecified atom stereocenters. The highest BCUT2D eigenvalue weighted by atomic mass is 16.5. The molecule has 3 aromatic rings. The summed E-state index contributed by atoms with van der Waals surface area (Å²) in [6.45, 7) is 2.05. The lowest BCUT2D eigenvalue weighted by molar-refractivity contribution is 0.102. The van der Waals surface area contributed by atoms with E-state index in [4.69, 9.17) is 4.74 Å². The topological polar surface area (TPSA) is 70.7 Å². The quantitative estimate of drug-likeness (QED) is 0.496. The van der Waals surface area contributed by atoms with Gasteiger partial charge in [0.1, 0.15) is 12.4 Å². The van der Waals surface area contributed by atoms with Crippen molar-refractivity contribution in [2.45, 2.75) is 32.3 Å². The van der Waals surface area contributed by atoms with Crippen LogP contribution in [0.25, 0.3) is 0 Å². The standard InChI is InChI=1S/C27H29N3O3/c31-26(22-12-10-21(11-13-22)20-33-25-8-4-3-5-9-25)28-23-14-16-24(17-15-23)29-27(32)30-18-6-1-2-7-19-30/h3-5,8-17H,1-2,6-7,18-20H2,(H,28,31)(H,29,32). The number of carbonyl (C=O) groups excluding carboxylic acids is 2. The molecule has 3 aromatic carbocycles. The minimum absolute atomic E-state index is 0.0648. The van der Waals surface area contributed by atoms with Gasteiger partial charge >= 0.3 is 6.03 Å². The second kappa shape index (κ2) is 11.2. The number of ether oxygens (including phenoxy) is 1. The molecule has 0 spiro atoms. The van der Waals surface area contributed by atoms with Gasteiger partial charge in [-0.25, -0.2) is 4.79 Å². The molecule has 33 heavy (non-hydrogen) atoms. The number of rotatable bonds is 6. The number of hydrogen-bond donors (Lipinski definition) is 2. The molecule has 1 saturated heterocycles. The van der Waals surface area contributed by atoms with E-state index in [1.165, 1.54) is 12.8 Å². The van der Waals surface area contributed by atoms with Crippen LogP contribution < -0.4 is 15.4 Å². The van der Waals surface area contributed by atoms with E-state index >= 15 is 0 Å². The molecule has 1 aliphatic heterocycles. The number of likely N-dealkylation sites (tertiary alicyclic amines) is 1. The first-order chi connectivity index (χ1) is 16.2. The summed E-state index contributed by atoms with van der Waals surface area (Å²) < 4.78 is 5.74. The van der Waals surface area contributed by atoms with Gasteiger partial charge in [-0.15, -0.1) is 0 Å². The maximum atomic E-state index is 12.6. The van der Waals surface area contributed by atoms with E-state index in [1.807, 2.05) is 47.4 Å². The van der Waals surface area contributed by atoms with Gasteiger partial charge in [0.2, 0.25) is 0 Å². The van der Waals surface area contributed by atoms with Crippen molar-refractivity contribution in [2.75, 3.05) is 23.7 Å². The van der Waals surface area contributed by atoms with Crippen LogP contribution in [0.2, 0.25) is 0 Å². The van der Waals surface area contributed by atoms with Crippen molar-refractivity contribution < 1.29 is 14.3 Å². The Bertz CT molecular complexity index is 1040. The molecular weight excluding hydrogens is 414 g/mol. The summed E-state index contributed by atoms with van der Waals surface area (Å²) >= 11 is 0. The number of hydrogen-bond acceptors (Lipinski definition) is 3. The third-order valence-corrected chi connectivity index (χ3v) is 5.65. The molecule has 0 bridgehead atoms. The van der Waals surface area contributed by atoms with E-state index in [0.29, 0.717) is 23.5 Å². The highest BCUT2D eigenvalue weighted by molar-refractivity contribution is 6.04. The molecule has 0 aromatic heterocycles. The monoisotopic (exact) mass is 443 g/mol. The van der Waals surface area contributed by atoms with Crippen LogP contribution in [-0.2, 0) is 6.61 Å². The van der Waals surface area contributed by atoms with E-state index < -0.39 is 0 Å². The molecule has 6 heteroatoms. The second-order valence-electron chi connectivity index (χ2n) is 8.16. The van der Waals surface area contributed by atoms with Crippen molar-refractivity contribution in [1.29, 1.82) is 0 Å². The van der Waals surface area contributed by atoms with Crippen molar-refractivity contribution in [3.63, 3.8) is 0 Å². The van der Waals surface area contributed by atoms with E-state index in [1.54, 1.807) is 36.4 Å². The SMILES string of the molecule is O=C(Nc1ccc(NC(=O)N2CCCCCC2)cc1)c1ccc(COc2ccccc2)cc1. The van der Waals surface area contributed by atoms with Gasteiger partial charge in [0.05, 0.1) is 0 Å². The zero-order chi connectivity index (χ0) is 22.9. The van der Waals surface area contributed by atoms with Crippen LogP contribution >= 0.6 is 0 Å². The number of urea groups is 1. The van der Waals surface area contributed by atoms with E-state index in [0.717, 1.165) is 37.2 Å². The summed E-state index contributed by atoms with van der Waals surface area (Å²) in [6, 6.07) is 24.1. The molecule has 1 aliphatic rings. The molecule has 2 N–H and O–H groups in total. The van der Waals surface area contributed by atoms with Gasteiger partial charge in [-0.2, -0.15) is 0 Å². The van der Waals surface area contributed by atoms with Crippen LogP contribution in [0.3, 0.4) is 0 Å². The minimum Gasteiger partial charge on any atom is -0.489 e. The first-order valence-electron chi connectivity index (χ1n) is 11.4. The first kappa shape index (κ1) is 22.4. The number of para-hydroxylation sites is 1. The molecule has 1 fully saturated rings. The molecule has 3 amide bonds. The van der Waals surface area contributed by atoms with Crippen molar-refractivity contribution in [1.82, 2.24) is 4.90 Å². The van der Waals surface area contributed by atoms with E-state index in [2.05, 4.69) is 10.6 Å². The largest absolute Gasteiger partial charge is 0.489 e. The van der Waals surface area contributed by atoms with Crippen LogP contribution in [0, 0.1) is 0 Å². The van der Waals surface area contributed by atoms with Gasteiger partial charge in [0.15, 0.2) is 0 Å². The molecule has 0 atom stereocenters. The number of carbonyl (C=O) groups is 2. The Balaban J connectivity index is 1.27. The lowest BCUT2D eigenvalue weighted by Gasteiger charge is -2.20. The number of nitrogens with one attached hydrogen (secondary N) is 2. The normalized spacial score (nSPS) is 13.6. The Morgan fingerprint density at radius 1 is 0.727 bits per heavy atom. The molecule has 0 saturated carbocycles. The van der Waals surface area contributed by atoms with E-state index in [-0.39, 0.29) is 11.9 Å². The van der Waals surface area contributed by atoms with Gasteiger partial charge in [-0.05, 0) is 66.9 Å². The molecule has 4 rings (SSSR count). The Kier molecular flexibility index (Phi) is 7.59. The number of amides is 3. The average molecular weight is 444 g/mol. The third kappa shape index (κ3) is 6.59. The summed E-state index contributed by atoms with van der Waals surface area (Å²) in [6.07, 6.45) is 4.48. The summed E-state index contributed by atoms with van der Waals surface area (Å²) in [5, 5.41) is 5.84. The van der Waals surface area contributed by atoms with Gasteiger partial charge in [0, 0.05) is 30.0 Å². The zero-order valence-electron chi connectivity index (χ0n) is 18.6. The van der Waals surface area contributed by atoms with Gasteiger partial charge < -0.3 is 20.3 Å². The maximum absolute atomic E-state index is 12.6. The Morgan fingerprint density at radius 2 is 1.33 bits per heavy atom. The Hall–Kier alpha value is -3.80. The average Bonchev–Trinajstić information content (AvgIpc) is 3.15. The summed E-state index contributed by atoms with van der Waals surface area (Å²) in [7, 11) is 0. The summed E-state index contributed by atoms with van der Waals surface area (Å²) in [4.78, 5) is 26.9. The number of nitrogens with zero attached hydrogens (tertiary/aromatic N) is 1. The fourth-order valence-electron chi connectivity index (χ4n) is 3.75. The Morgan fingerprint density at radius 3 is 1.97 bits per heavy atom. The predicted octanol–water partition coefficient (Wildman–Crippen LogP) is 5.93. The molecule has 0 radical (unpaired) electrons. The van der Waals surface area contributed by atoms with Gasteiger partial charge in [-0.3, -0.25) is 4.79 Å². The van der Waals surface area contributed by atoms with Crippen LogP contribution in [0.1, 0.15) is 41.6 Å². The maximum Gasteiger partial charge on any atom is 0.321 e. The first-order valence-corrected chi connectivity index (χ1v) is 11.4. The minimum atomic E-state index is -0.188. The highest BCUT2D eigenvalue weighted by Crippen LogP contribution is 2.17. The molecule has 0 aliphatic carbocycles. The molecular formula is C27H29N3O3. The van der Waals surface area contributed by atoms with Crippen molar-refractivity contribution in [3.05, 3.63) is 90.0 Å². The highest BCUT2D eigenvalue weighted by Gasteiger charge is 2.15. The van der Waals surface area contributed by atoms with Crippen LogP contribution in [0.15, 0.2) is 78.9 Å². The molecule has 170 valence electrons. The lowest BCUT2D eigenvalue weighted by Crippen LogP contribution is -2.35. The van der Waals surface area contributed by atoms with E-state index in [9.17, 15) is 9.59 Å². The second-order valence-corrected chi connectivity index (χ2v) is 8.16. The number of anilines is 2. The van der Waals surface area contributed by atoms with Crippen LogP contribution in [-0.4, -0.2) is 29.9 Å². The van der Waals surface area contributed by atoms with Crippen LogP contribution in [0.5, 0.6) is 5.75 Å². The fraction of sp³-hybridized carbons (Fsp3) is 0.259. The third-order valence-electron chi connectivity index (χ3n) is 5.65. The van der Waals surface area contributed by atoms with Crippen LogP contribution in [0.4, 0.5) is 16.2 Å². The zero-order valence-corrected chi connectivity index (χ0v) is 18.6. The van der Waals surface area contributed by atoms with Crippen molar-refractivity contribution in [2.24, 2.45) is 0 Å². The predicted molar refractivity (Wildman–Crippen MR) is 131 cm³/mol. The smallest absolute Gasteiger partial charge is 0.321 e. The lowest BCUT2D eigenvalue weighted by atomic mass is 10.1. The summed E-state index contributed by atoms with van der Waals surface area (Å²) in [5.41, 5.74) is 2.94. The molecule has 1 heterocycles. The fourth-order valence-corrected chi connectivity index (χ4v) is 3.75. The van der Waals surface area contributed by atoms with Crippen molar-refractivity contribution >= 4 is 23.3 Å². The van der Waals surface area contributed by atoms with Crippen molar-refractivity contribution in [3.8, 4) is 5.75 Å². The van der Waals surface area contributed by atoms with Gasteiger partial charge in [0.25, 0.3) is 5.91 Å².